The molecule has 0 radical (unpaired) electrons. The van der Waals surface area contributed by atoms with Gasteiger partial charge in [0.25, 0.3) is 0 Å². The molecule has 0 saturated carbocycles. The van der Waals surface area contributed by atoms with Gasteiger partial charge in [0, 0.05) is 21.2 Å². The van der Waals surface area contributed by atoms with E-state index >= 15 is 0 Å². The van der Waals surface area contributed by atoms with Crippen LogP contribution in [0.1, 0.15) is 5.56 Å². The average Bonchev–Trinajstić information content (AvgIpc) is 2.46. The van der Waals surface area contributed by atoms with E-state index in [0.717, 1.165) is 22.2 Å². The summed E-state index contributed by atoms with van der Waals surface area (Å²) in [5.74, 6) is 0.768. The van der Waals surface area contributed by atoms with Crippen molar-refractivity contribution in [1.29, 1.82) is 0 Å². The predicted molar refractivity (Wildman–Crippen MR) is 87.8 cm³/mol. The van der Waals surface area contributed by atoms with Gasteiger partial charge in [-0.1, -0.05) is 40.2 Å². The molecule has 0 heterocycles. The van der Waals surface area contributed by atoms with Crippen LogP contribution in [-0.2, 0) is 6.42 Å². The number of benzene rings is 2. The maximum absolute atomic E-state index is 13.1. The summed E-state index contributed by atoms with van der Waals surface area (Å²) in [5, 5.41) is 3.33. The summed E-state index contributed by atoms with van der Waals surface area (Å²) < 4.78 is 13.9. The van der Waals surface area contributed by atoms with E-state index in [1.165, 1.54) is 17.0 Å². The summed E-state index contributed by atoms with van der Waals surface area (Å²) in [6.07, 6.45) is 0.872. The quantitative estimate of drug-likeness (QED) is 0.766. The third-order valence-corrected chi connectivity index (χ3v) is 5.00. The summed E-state index contributed by atoms with van der Waals surface area (Å²) >= 11 is 5.26. The molecule has 2 aromatic carbocycles. The van der Waals surface area contributed by atoms with Crippen molar-refractivity contribution in [2.24, 2.45) is 0 Å². The minimum Gasteiger partial charge on any atom is -0.316 e. The Bertz CT molecular complexity index is 547. The Hall–Kier alpha value is -0.840. The highest BCUT2D eigenvalue weighted by atomic mass is 79.9. The lowest BCUT2D eigenvalue weighted by Crippen LogP contribution is -2.30. The van der Waals surface area contributed by atoms with Gasteiger partial charge >= 0.3 is 0 Å². The van der Waals surface area contributed by atoms with Gasteiger partial charge in [-0.3, -0.25) is 0 Å². The Balaban J connectivity index is 1.95. The third-order valence-electron chi connectivity index (χ3n) is 3.08. The van der Waals surface area contributed by atoms with Gasteiger partial charge in [0.15, 0.2) is 0 Å². The Kier molecular flexibility index (Phi) is 6.07. The van der Waals surface area contributed by atoms with E-state index in [2.05, 4.69) is 33.4 Å². The van der Waals surface area contributed by atoms with Crippen LogP contribution in [0.2, 0.25) is 0 Å². The van der Waals surface area contributed by atoms with E-state index in [1.54, 1.807) is 0 Å². The Morgan fingerprint density at radius 2 is 1.95 bits per heavy atom. The molecule has 1 atom stereocenters. The Morgan fingerprint density at radius 1 is 1.20 bits per heavy atom. The maximum atomic E-state index is 13.1. The van der Waals surface area contributed by atoms with Crippen LogP contribution in [0.15, 0.2) is 57.9 Å². The molecule has 106 valence electrons. The van der Waals surface area contributed by atoms with Gasteiger partial charge in [0.05, 0.1) is 0 Å². The molecule has 2 aromatic rings. The van der Waals surface area contributed by atoms with Crippen molar-refractivity contribution in [1.82, 2.24) is 5.32 Å². The summed E-state index contributed by atoms with van der Waals surface area (Å²) in [7, 11) is 1.97. The average molecular weight is 354 g/mol. The highest BCUT2D eigenvalue weighted by molar-refractivity contribution is 9.10. The smallest absolute Gasteiger partial charge is 0.124 e. The van der Waals surface area contributed by atoms with E-state index in [-0.39, 0.29) is 5.82 Å². The van der Waals surface area contributed by atoms with Gasteiger partial charge in [-0.25, -0.2) is 4.39 Å². The Labute approximate surface area is 132 Å². The van der Waals surface area contributed by atoms with Gasteiger partial charge < -0.3 is 5.32 Å². The van der Waals surface area contributed by atoms with Gasteiger partial charge in [-0.15, -0.1) is 11.8 Å². The molecule has 4 heteroatoms. The fourth-order valence-corrected chi connectivity index (χ4v) is 3.45. The van der Waals surface area contributed by atoms with Crippen molar-refractivity contribution >= 4 is 27.7 Å². The van der Waals surface area contributed by atoms with Crippen LogP contribution in [0.25, 0.3) is 0 Å². The molecule has 0 spiro atoms. The molecule has 20 heavy (non-hydrogen) atoms. The van der Waals surface area contributed by atoms with Crippen LogP contribution in [-0.4, -0.2) is 18.8 Å². The number of hydrogen-bond acceptors (Lipinski definition) is 2. The zero-order valence-corrected chi connectivity index (χ0v) is 13.7. The van der Waals surface area contributed by atoms with Gasteiger partial charge in [0.2, 0.25) is 0 Å². The normalized spacial score (nSPS) is 12.3. The molecule has 0 aliphatic rings. The van der Waals surface area contributed by atoms with Crippen LogP contribution < -0.4 is 5.32 Å². The molecule has 1 nitrogen and oxygen atoms in total. The zero-order chi connectivity index (χ0) is 14.4. The summed E-state index contributed by atoms with van der Waals surface area (Å²) in [6.45, 7) is 0. The number of halogens is 2. The first-order chi connectivity index (χ1) is 9.69. The standard InChI is InChI=1S/C16H17BrFNS/c1-19-14(11-20-15-5-3-2-4-6-15)9-12-7-8-13(18)10-16(12)17/h2-8,10,14,19H,9,11H2,1H3. The van der Waals surface area contributed by atoms with Crippen molar-refractivity contribution in [3.8, 4) is 0 Å². The lowest BCUT2D eigenvalue weighted by Gasteiger charge is -2.17. The molecule has 0 aromatic heterocycles. The number of hydrogen-bond donors (Lipinski definition) is 1. The molecular weight excluding hydrogens is 337 g/mol. The molecule has 1 unspecified atom stereocenters. The molecule has 0 aliphatic carbocycles. The van der Waals surface area contributed by atoms with E-state index < -0.39 is 0 Å². The molecule has 1 N–H and O–H groups in total. The van der Waals surface area contributed by atoms with Crippen molar-refractivity contribution in [2.75, 3.05) is 12.8 Å². The first kappa shape index (κ1) is 15.5. The maximum Gasteiger partial charge on any atom is 0.124 e. The molecule has 0 aliphatic heterocycles. The van der Waals surface area contributed by atoms with Crippen molar-refractivity contribution in [2.45, 2.75) is 17.4 Å². The number of nitrogens with one attached hydrogen (secondary N) is 1. The largest absolute Gasteiger partial charge is 0.316 e. The predicted octanol–water partition coefficient (Wildman–Crippen LogP) is 4.51. The van der Waals surface area contributed by atoms with Crippen LogP contribution >= 0.6 is 27.7 Å². The van der Waals surface area contributed by atoms with Crippen LogP contribution in [0.3, 0.4) is 0 Å². The monoisotopic (exact) mass is 353 g/mol. The summed E-state index contributed by atoms with van der Waals surface area (Å²) in [4.78, 5) is 1.27. The second kappa shape index (κ2) is 7.81. The van der Waals surface area contributed by atoms with Crippen LogP contribution in [0.4, 0.5) is 4.39 Å². The topological polar surface area (TPSA) is 12.0 Å². The minimum atomic E-state index is -0.208. The third kappa shape index (κ3) is 4.62. The van der Waals surface area contributed by atoms with E-state index in [0.29, 0.717) is 6.04 Å². The fourth-order valence-electron chi connectivity index (χ4n) is 1.91. The van der Waals surface area contributed by atoms with Crippen molar-refractivity contribution in [3.05, 3.63) is 64.4 Å². The molecular formula is C16H17BrFNS. The second-order valence-electron chi connectivity index (χ2n) is 4.55. The van der Waals surface area contributed by atoms with E-state index in [1.807, 2.05) is 43.1 Å². The highest BCUT2D eigenvalue weighted by Crippen LogP contribution is 2.22. The van der Waals surface area contributed by atoms with Crippen LogP contribution in [0, 0.1) is 5.82 Å². The van der Waals surface area contributed by atoms with Crippen molar-refractivity contribution in [3.63, 3.8) is 0 Å². The SMILES string of the molecule is CNC(CSc1ccccc1)Cc1ccc(F)cc1Br. The number of likely N-dealkylation sites (N-methyl/N-ethyl adjacent to an activating group) is 1. The second-order valence-corrected chi connectivity index (χ2v) is 6.50. The molecule has 0 saturated heterocycles. The molecule has 0 amide bonds. The number of rotatable bonds is 6. The molecule has 2 rings (SSSR count). The molecule has 0 bridgehead atoms. The minimum absolute atomic E-state index is 0.208. The summed E-state index contributed by atoms with van der Waals surface area (Å²) in [6, 6.07) is 15.6. The van der Waals surface area contributed by atoms with E-state index in [4.69, 9.17) is 0 Å². The first-order valence-electron chi connectivity index (χ1n) is 6.48. The number of thioether (sulfide) groups is 1. The van der Waals surface area contributed by atoms with Crippen molar-refractivity contribution < 1.29 is 4.39 Å². The van der Waals surface area contributed by atoms with Gasteiger partial charge in [0.1, 0.15) is 5.82 Å². The van der Waals surface area contributed by atoms with Gasteiger partial charge in [-0.2, -0.15) is 0 Å². The fraction of sp³-hybridized carbons (Fsp3) is 0.250. The lowest BCUT2D eigenvalue weighted by atomic mass is 10.1. The summed E-state index contributed by atoms with van der Waals surface area (Å²) in [5.41, 5.74) is 1.12. The zero-order valence-electron chi connectivity index (χ0n) is 11.3. The molecule has 0 fully saturated rings. The van der Waals surface area contributed by atoms with Gasteiger partial charge in [-0.05, 0) is 43.3 Å². The Morgan fingerprint density at radius 3 is 2.60 bits per heavy atom. The van der Waals surface area contributed by atoms with Crippen LogP contribution in [0.5, 0.6) is 0 Å². The highest BCUT2D eigenvalue weighted by Gasteiger charge is 2.11. The lowest BCUT2D eigenvalue weighted by molar-refractivity contribution is 0.607. The van der Waals surface area contributed by atoms with E-state index in [9.17, 15) is 4.39 Å². The first-order valence-corrected chi connectivity index (χ1v) is 8.26.